The van der Waals surface area contributed by atoms with Crippen molar-refractivity contribution in [2.45, 2.75) is 12.8 Å². The number of ether oxygens (including phenoxy) is 1. The molecule has 0 saturated heterocycles. The molecule has 2 aromatic carbocycles. The molecule has 3 aromatic rings. The maximum atomic E-state index is 10.9. The summed E-state index contributed by atoms with van der Waals surface area (Å²) in [7, 11) is 0. The number of aromatic nitrogens is 1. The number of carboxylic acid groups (broad SMARTS) is 1. The van der Waals surface area contributed by atoms with Gasteiger partial charge in [-0.15, -0.1) is 11.3 Å². The van der Waals surface area contributed by atoms with Gasteiger partial charge in [-0.05, 0) is 54.3 Å². The molecular formula is C20H15N2O3S-. The summed E-state index contributed by atoms with van der Waals surface area (Å²) in [6.45, 7) is -0.00223. The highest BCUT2D eigenvalue weighted by Crippen LogP contribution is 2.31. The molecule has 0 radical (unpaired) electrons. The molecule has 0 amide bonds. The number of benzene rings is 2. The van der Waals surface area contributed by atoms with E-state index < -0.39 is 5.97 Å². The second-order valence-corrected chi connectivity index (χ2v) is 6.57. The van der Waals surface area contributed by atoms with Crippen molar-refractivity contribution < 1.29 is 14.6 Å². The zero-order chi connectivity index (χ0) is 18.4. The lowest BCUT2D eigenvalue weighted by Crippen LogP contribution is -2.21. The number of nitrogens with zero attached hydrogens (tertiary/aromatic N) is 2. The third kappa shape index (κ3) is 4.47. The van der Waals surface area contributed by atoms with Crippen LogP contribution in [0.4, 0.5) is 0 Å². The predicted octanol–water partition coefficient (Wildman–Crippen LogP) is 3.27. The van der Waals surface area contributed by atoms with Gasteiger partial charge in [0.05, 0.1) is 10.2 Å². The Morgan fingerprint density at radius 3 is 2.65 bits per heavy atom. The first-order valence-corrected chi connectivity index (χ1v) is 8.83. The minimum Gasteiger partial charge on any atom is -0.550 e. The Bertz CT molecular complexity index is 951. The average molecular weight is 363 g/mol. The fraction of sp³-hybridized carbons (Fsp3) is 0.150. The van der Waals surface area contributed by atoms with E-state index in [0.717, 1.165) is 26.4 Å². The van der Waals surface area contributed by atoms with Crippen molar-refractivity contribution in [2.24, 2.45) is 0 Å². The van der Waals surface area contributed by atoms with Crippen LogP contribution in [0, 0.1) is 11.3 Å². The molecule has 0 aliphatic carbocycles. The Balaban J connectivity index is 1.91. The molecule has 0 bridgehead atoms. The fourth-order valence-electron chi connectivity index (χ4n) is 2.46. The summed E-state index contributed by atoms with van der Waals surface area (Å²) in [5.41, 5.74) is 2.65. The number of hydrogen-bond donors (Lipinski definition) is 0. The van der Waals surface area contributed by atoms with Crippen LogP contribution in [0.15, 0.2) is 48.5 Å². The van der Waals surface area contributed by atoms with Gasteiger partial charge in [-0.25, -0.2) is 4.98 Å². The topological polar surface area (TPSA) is 86.0 Å². The normalized spacial score (nSPS) is 11.3. The minimum absolute atomic E-state index is 0.00223. The largest absolute Gasteiger partial charge is 0.550 e. The Morgan fingerprint density at radius 1 is 1.19 bits per heavy atom. The molecule has 6 heteroatoms. The first-order chi connectivity index (χ1) is 12.7. The number of rotatable bonds is 7. The molecule has 5 nitrogen and oxygen atoms in total. The van der Waals surface area contributed by atoms with Gasteiger partial charge < -0.3 is 14.6 Å². The maximum Gasteiger partial charge on any atom is 0.174 e. The molecule has 130 valence electrons. The van der Waals surface area contributed by atoms with Crippen LogP contribution >= 0.6 is 11.3 Å². The smallest absolute Gasteiger partial charge is 0.174 e. The van der Waals surface area contributed by atoms with Crippen molar-refractivity contribution in [3.63, 3.8) is 0 Å². The molecule has 0 atom stereocenters. The molecule has 0 spiro atoms. The van der Waals surface area contributed by atoms with Gasteiger partial charge in [0.25, 0.3) is 0 Å². The maximum absolute atomic E-state index is 10.9. The quantitative estimate of drug-likeness (QED) is 0.643. The Hall–Kier alpha value is -3.17. The van der Waals surface area contributed by atoms with E-state index in [1.165, 1.54) is 11.3 Å². The van der Waals surface area contributed by atoms with Crippen LogP contribution < -0.4 is 9.84 Å². The van der Waals surface area contributed by atoms with Crippen LogP contribution in [-0.4, -0.2) is 17.6 Å². The highest BCUT2D eigenvalue weighted by atomic mass is 32.1. The van der Waals surface area contributed by atoms with Crippen molar-refractivity contribution in [1.82, 2.24) is 4.98 Å². The van der Waals surface area contributed by atoms with Gasteiger partial charge >= 0.3 is 0 Å². The highest BCUT2D eigenvalue weighted by molar-refractivity contribution is 7.19. The monoisotopic (exact) mass is 363 g/mol. The van der Waals surface area contributed by atoms with E-state index in [4.69, 9.17) is 10.00 Å². The third-order valence-corrected chi connectivity index (χ3v) is 4.80. The predicted molar refractivity (Wildman–Crippen MR) is 99.3 cm³/mol. The number of hydrogen-bond acceptors (Lipinski definition) is 6. The molecule has 26 heavy (non-hydrogen) atoms. The van der Waals surface area contributed by atoms with E-state index in [1.807, 2.05) is 48.5 Å². The standard InChI is InChI=1S/C20H16N2O3S/c21-11-12-25-16-8-5-14(6-9-16)13-15(7-10-19(23)24)20-22-17-3-1-2-4-18(17)26-20/h1-6,8-9,13H,7,10,12H2,(H,23,24)/p-1/b15-13+. The van der Waals surface area contributed by atoms with Gasteiger partial charge in [0.2, 0.25) is 0 Å². The molecule has 0 aliphatic rings. The van der Waals surface area contributed by atoms with E-state index in [2.05, 4.69) is 4.98 Å². The number of fused-ring (bicyclic) bond motifs is 1. The summed E-state index contributed by atoms with van der Waals surface area (Å²) >= 11 is 1.54. The Morgan fingerprint density at radius 2 is 1.96 bits per heavy atom. The number of thiazole rings is 1. The van der Waals surface area contributed by atoms with Crippen LogP contribution in [0.3, 0.4) is 0 Å². The van der Waals surface area contributed by atoms with Gasteiger partial charge in [0, 0.05) is 5.97 Å². The Kier molecular flexibility index (Phi) is 5.62. The molecule has 3 rings (SSSR count). The SMILES string of the molecule is N#CCOc1ccc(/C=C(\CCC(=O)[O-])c2nc3ccccc3s2)cc1. The number of carbonyl (C=O) groups excluding carboxylic acids is 1. The summed E-state index contributed by atoms with van der Waals surface area (Å²) in [4.78, 5) is 15.5. The van der Waals surface area contributed by atoms with Crippen molar-refractivity contribution in [2.75, 3.05) is 6.61 Å². The van der Waals surface area contributed by atoms with Crippen molar-refractivity contribution >= 4 is 39.2 Å². The average Bonchev–Trinajstić information content (AvgIpc) is 3.08. The molecule has 0 unspecified atom stereocenters. The summed E-state index contributed by atoms with van der Waals surface area (Å²) < 4.78 is 6.30. The molecular weight excluding hydrogens is 348 g/mol. The summed E-state index contributed by atoms with van der Waals surface area (Å²) in [5.74, 6) is -0.475. The first kappa shape index (κ1) is 17.6. The number of nitriles is 1. The van der Waals surface area contributed by atoms with E-state index in [0.29, 0.717) is 12.2 Å². The lowest BCUT2D eigenvalue weighted by Gasteiger charge is -2.07. The van der Waals surface area contributed by atoms with Gasteiger partial charge in [-0.3, -0.25) is 0 Å². The zero-order valence-corrected chi connectivity index (χ0v) is 14.7. The van der Waals surface area contributed by atoms with E-state index in [9.17, 15) is 9.90 Å². The summed E-state index contributed by atoms with van der Waals surface area (Å²) in [5, 5.41) is 20.3. The highest BCUT2D eigenvalue weighted by Gasteiger charge is 2.09. The molecule has 0 N–H and O–H groups in total. The number of aliphatic carboxylic acids is 1. The number of allylic oxidation sites excluding steroid dienone is 1. The van der Waals surface area contributed by atoms with E-state index >= 15 is 0 Å². The lowest BCUT2D eigenvalue weighted by atomic mass is 10.1. The Labute approximate surface area is 154 Å². The summed E-state index contributed by atoms with van der Waals surface area (Å²) in [6, 6.07) is 17.0. The fourth-order valence-corrected chi connectivity index (χ4v) is 3.47. The molecule has 1 heterocycles. The lowest BCUT2D eigenvalue weighted by molar-refractivity contribution is -0.305. The molecule has 1 aromatic heterocycles. The minimum atomic E-state index is -1.09. The number of carboxylic acids is 1. The van der Waals surface area contributed by atoms with Crippen LogP contribution in [0.2, 0.25) is 0 Å². The van der Waals surface area contributed by atoms with Crippen molar-refractivity contribution in [3.8, 4) is 11.8 Å². The van der Waals surface area contributed by atoms with Gasteiger partial charge in [0.1, 0.15) is 16.8 Å². The third-order valence-electron chi connectivity index (χ3n) is 3.69. The second-order valence-electron chi connectivity index (χ2n) is 5.54. The van der Waals surface area contributed by atoms with Crippen molar-refractivity contribution in [1.29, 1.82) is 5.26 Å². The number of carbonyl (C=O) groups is 1. The van der Waals surface area contributed by atoms with Crippen LogP contribution in [0.1, 0.15) is 23.4 Å². The van der Waals surface area contributed by atoms with E-state index in [1.54, 1.807) is 12.1 Å². The van der Waals surface area contributed by atoms with Gasteiger partial charge in [-0.2, -0.15) is 5.26 Å². The first-order valence-electron chi connectivity index (χ1n) is 8.02. The van der Waals surface area contributed by atoms with Crippen LogP contribution in [0.5, 0.6) is 5.75 Å². The molecule has 0 aliphatic heterocycles. The van der Waals surface area contributed by atoms with Crippen molar-refractivity contribution in [3.05, 3.63) is 59.1 Å². The van der Waals surface area contributed by atoms with Gasteiger partial charge in [-0.1, -0.05) is 24.3 Å². The zero-order valence-electron chi connectivity index (χ0n) is 13.8. The molecule has 0 fully saturated rings. The molecule has 0 saturated carbocycles. The van der Waals surface area contributed by atoms with E-state index in [-0.39, 0.29) is 13.0 Å². The van der Waals surface area contributed by atoms with Gasteiger partial charge in [0.15, 0.2) is 6.61 Å². The number of para-hydroxylation sites is 1. The summed E-state index contributed by atoms with van der Waals surface area (Å²) in [6.07, 6.45) is 2.20. The second kappa shape index (κ2) is 8.28. The van der Waals surface area contributed by atoms with Crippen LogP contribution in [0.25, 0.3) is 21.9 Å². The van der Waals surface area contributed by atoms with Crippen LogP contribution in [-0.2, 0) is 4.79 Å².